The molecule has 0 fully saturated rings. The van der Waals surface area contributed by atoms with Gasteiger partial charge in [-0.2, -0.15) is 15.6 Å². The summed E-state index contributed by atoms with van der Waals surface area (Å²) in [6.07, 6.45) is 2.59. The molecule has 0 amide bonds. The van der Waals surface area contributed by atoms with Crippen LogP contribution in [-0.4, -0.2) is 15.7 Å². The number of rotatable bonds is 5. The normalized spacial score (nSPS) is 10.9. The Kier molecular flexibility index (Phi) is 5.03. The smallest absolute Gasteiger partial charge is 0.159 e. The van der Waals surface area contributed by atoms with Gasteiger partial charge < -0.3 is 9.90 Å². The highest BCUT2D eigenvalue weighted by Crippen LogP contribution is 2.26. The summed E-state index contributed by atoms with van der Waals surface area (Å²) in [5.41, 5.74) is -0.0781. The molecular weight excluding hydrogens is 318 g/mol. The van der Waals surface area contributed by atoms with Crippen molar-refractivity contribution in [2.45, 2.75) is 13.0 Å². The van der Waals surface area contributed by atoms with Crippen LogP contribution in [-0.2, 0) is 11.3 Å². The van der Waals surface area contributed by atoms with Gasteiger partial charge >= 0.3 is 0 Å². The van der Waals surface area contributed by atoms with E-state index in [9.17, 15) is 18.7 Å². The largest absolute Gasteiger partial charge is 0.544 e. The minimum atomic E-state index is -1.67. The minimum absolute atomic E-state index is 0.146. The standard InChI is InChI=1S/C16H10F2N4O2/c17-13-3-2-10(7-14(13)18)15-12(6-11(8-20)16(23)24)9-22(21-15)5-1-4-19/h2-3,6-7,9H,1,5H2,(H,23,24)/p-1/b11-6+. The fraction of sp³-hybridized carbons (Fsp3) is 0.125. The van der Waals surface area contributed by atoms with Crippen LogP contribution in [0, 0.1) is 34.3 Å². The second-order valence-electron chi connectivity index (χ2n) is 4.69. The molecule has 2 rings (SSSR count). The van der Waals surface area contributed by atoms with Gasteiger partial charge in [-0.05, 0) is 24.3 Å². The maximum atomic E-state index is 13.4. The monoisotopic (exact) mass is 327 g/mol. The first-order chi connectivity index (χ1) is 11.5. The molecule has 1 heterocycles. The summed E-state index contributed by atoms with van der Waals surface area (Å²) < 4.78 is 27.9. The van der Waals surface area contributed by atoms with Gasteiger partial charge in [-0.1, -0.05) is 0 Å². The number of carboxylic acid groups (broad SMARTS) is 1. The molecule has 24 heavy (non-hydrogen) atoms. The number of carboxylic acids is 1. The van der Waals surface area contributed by atoms with E-state index < -0.39 is 23.2 Å². The van der Waals surface area contributed by atoms with Crippen LogP contribution in [0.3, 0.4) is 0 Å². The lowest BCUT2D eigenvalue weighted by Gasteiger charge is -2.02. The molecule has 1 aromatic carbocycles. The van der Waals surface area contributed by atoms with Crippen LogP contribution in [0.15, 0.2) is 30.0 Å². The molecular formula is C16H9F2N4O2-. The molecule has 0 aliphatic carbocycles. The molecule has 0 spiro atoms. The average molecular weight is 327 g/mol. The summed E-state index contributed by atoms with van der Waals surface area (Å²) in [7, 11) is 0. The van der Waals surface area contributed by atoms with Crippen LogP contribution < -0.4 is 5.11 Å². The van der Waals surface area contributed by atoms with E-state index in [0.717, 1.165) is 18.2 Å². The molecule has 0 aliphatic rings. The Morgan fingerprint density at radius 1 is 1.33 bits per heavy atom. The molecule has 0 radical (unpaired) electrons. The number of aromatic nitrogens is 2. The van der Waals surface area contributed by atoms with Crippen molar-refractivity contribution in [3.8, 4) is 23.4 Å². The zero-order chi connectivity index (χ0) is 17.7. The van der Waals surface area contributed by atoms with Crippen molar-refractivity contribution in [1.82, 2.24) is 9.78 Å². The van der Waals surface area contributed by atoms with Gasteiger partial charge in [0.1, 0.15) is 6.07 Å². The Hall–Kier alpha value is -3.52. The Labute approximate surface area is 135 Å². The number of aryl methyl sites for hydroxylation is 1. The van der Waals surface area contributed by atoms with E-state index in [0.29, 0.717) is 0 Å². The van der Waals surface area contributed by atoms with Crippen molar-refractivity contribution < 1.29 is 18.7 Å². The highest BCUT2D eigenvalue weighted by Gasteiger charge is 2.13. The van der Waals surface area contributed by atoms with Crippen LogP contribution in [0.4, 0.5) is 8.78 Å². The molecule has 1 aromatic heterocycles. The van der Waals surface area contributed by atoms with E-state index in [1.54, 1.807) is 0 Å². The SMILES string of the molecule is N#CCCn1cc(/C=C(\C#N)C(=O)[O-])c(-c2ccc(F)c(F)c2)n1. The Morgan fingerprint density at radius 3 is 2.67 bits per heavy atom. The molecule has 0 unspecified atom stereocenters. The second-order valence-corrected chi connectivity index (χ2v) is 4.69. The molecule has 8 heteroatoms. The number of nitrogens with zero attached hydrogens (tertiary/aromatic N) is 4. The summed E-state index contributed by atoms with van der Waals surface area (Å²) in [6.45, 7) is 0.216. The van der Waals surface area contributed by atoms with Crippen molar-refractivity contribution in [3.63, 3.8) is 0 Å². The van der Waals surface area contributed by atoms with Gasteiger partial charge in [-0.15, -0.1) is 0 Å². The summed E-state index contributed by atoms with van der Waals surface area (Å²) in [4.78, 5) is 10.9. The molecule has 120 valence electrons. The second kappa shape index (κ2) is 7.16. The third kappa shape index (κ3) is 3.62. The topological polar surface area (TPSA) is 106 Å². The van der Waals surface area contributed by atoms with Crippen molar-refractivity contribution >= 4 is 12.0 Å². The number of hydrogen-bond acceptors (Lipinski definition) is 5. The molecule has 6 nitrogen and oxygen atoms in total. The number of benzene rings is 1. The fourth-order valence-corrected chi connectivity index (χ4v) is 1.98. The first-order valence-corrected chi connectivity index (χ1v) is 6.69. The quantitative estimate of drug-likeness (QED) is 0.609. The van der Waals surface area contributed by atoms with Crippen LogP contribution >= 0.6 is 0 Å². The number of hydrogen-bond donors (Lipinski definition) is 0. The van der Waals surface area contributed by atoms with E-state index in [4.69, 9.17) is 10.5 Å². The lowest BCUT2D eigenvalue weighted by molar-refractivity contribution is -0.298. The third-order valence-electron chi connectivity index (χ3n) is 3.08. The fourth-order valence-electron chi connectivity index (χ4n) is 1.98. The van der Waals surface area contributed by atoms with Crippen LogP contribution in [0.5, 0.6) is 0 Å². The van der Waals surface area contributed by atoms with Crippen molar-refractivity contribution in [1.29, 1.82) is 10.5 Å². The summed E-state index contributed by atoms with van der Waals surface area (Å²) in [5, 5.41) is 32.5. The van der Waals surface area contributed by atoms with Crippen LogP contribution in [0.2, 0.25) is 0 Å². The first kappa shape index (κ1) is 16.8. The lowest BCUT2D eigenvalue weighted by Crippen LogP contribution is -2.23. The van der Waals surface area contributed by atoms with Gasteiger partial charge in [0.15, 0.2) is 11.6 Å². The average Bonchev–Trinajstić information content (AvgIpc) is 2.95. The van der Waals surface area contributed by atoms with Gasteiger partial charge in [0.2, 0.25) is 0 Å². The lowest BCUT2D eigenvalue weighted by atomic mass is 10.1. The van der Waals surface area contributed by atoms with Crippen molar-refractivity contribution in [2.75, 3.05) is 0 Å². The van der Waals surface area contributed by atoms with Crippen LogP contribution in [0.1, 0.15) is 12.0 Å². The zero-order valence-electron chi connectivity index (χ0n) is 12.2. The third-order valence-corrected chi connectivity index (χ3v) is 3.08. The Bertz CT molecular complexity index is 904. The van der Waals surface area contributed by atoms with Crippen molar-refractivity contribution in [2.24, 2.45) is 0 Å². The zero-order valence-corrected chi connectivity index (χ0v) is 12.2. The molecule has 0 saturated heterocycles. The van der Waals surface area contributed by atoms with Gasteiger partial charge in [0.25, 0.3) is 0 Å². The summed E-state index contributed by atoms with van der Waals surface area (Å²) in [5.74, 6) is -3.79. The van der Waals surface area contributed by atoms with E-state index in [1.807, 2.05) is 6.07 Å². The predicted octanol–water partition coefficient (Wildman–Crippen LogP) is 1.40. The maximum Gasteiger partial charge on any atom is 0.159 e. The minimum Gasteiger partial charge on any atom is -0.544 e. The van der Waals surface area contributed by atoms with Crippen LogP contribution in [0.25, 0.3) is 17.3 Å². The maximum absolute atomic E-state index is 13.4. The van der Waals surface area contributed by atoms with Gasteiger partial charge in [-0.25, -0.2) is 8.78 Å². The van der Waals surface area contributed by atoms with E-state index in [1.165, 1.54) is 23.0 Å². The molecule has 0 bridgehead atoms. The van der Waals surface area contributed by atoms with E-state index in [-0.39, 0.29) is 29.8 Å². The number of aliphatic carboxylic acids is 1. The van der Waals surface area contributed by atoms with Gasteiger partial charge in [0, 0.05) is 17.3 Å². The number of carbonyl (C=O) groups is 1. The Morgan fingerprint density at radius 2 is 2.08 bits per heavy atom. The summed E-state index contributed by atoms with van der Waals surface area (Å²) in [6, 6.07) is 6.51. The highest BCUT2D eigenvalue weighted by atomic mass is 19.2. The van der Waals surface area contributed by atoms with Gasteiger partial charge in [-0.3, -0.25) is 4.68 Å². The van der Waals surface area contributed by atoms with E-state index >= 15 is 0 Å². The molecule has 2 aromatic rings. The molecule has 0 atom stereocenters. The summed E-state index contributed by atoms with van der Waals surface area (Å²) >= 11 is 0. The first-order valence-electron chi connectivity index (χ1n) is 6.69. The predicted molar refractivity (Wildman–Crippen MR) is 76.4 cm³/mol. The number of nitriles is 2. The number of halogens is 2. The Balaban J connectivity index is 2.58. The number of carbonyl (C=O) groups excluding carboxylic acids is 1. The van der Waals surface area contributed by atoms with E-state index in [2.05, 4.69) is 5.10 Å². The molecule has 0 saturated carbocycles. The molecule has 0 aliphatic heterocycles. The highest BCUT2D eigenvalue weighted by molar-refractivity contribution is 5.96. The molecule has 0 N–H and O–H groups in total. The van der Waals surface area contributed by atoms with Gasteiger partial charge in [0.05, 0.1) is 36.3 Å². The van der Waals surface area contributed by atoms with Crippen molar-refractivity contribution in [3.05, 3.63) is 47.2 Å².